The number of aromatic nitrogens is 1. The van der Waals surface area contributed by atoms with E-state index >= 15 is 0 Å². The number of carbonyl (C=O) groups is 1. The third kappa shape index (κ3) is 4.07. The standard InChI is InChI=1S/C15H23N3O3/c1-3-17(11-12(2)15(19)20)13-4-5-14(16-10-13)18-6-8-21-9-7-18/h4-5,10,12H,3,6-9,11H2,1-2H3,(H,19,20). The fourth-order valence-electron chi connectivity index (χ4n) is 2.37. The lowest BCUT2D eigenvalue weighted by molar-refractivity contribution is -0.140. The zero-order valence-corrected chi connectivity index (χ0v) is 12.7. The number of hydrogen-bond acceptors (Lipinski definition) is 5. The Kier molecular flexibility index (Phi) is 5.38. The molecule has 1 atom stereocenters. The predicted octanol–water partition coefficient (Wildman–Crippen LogP) is 1.47. The Labute approximate surface area is 125 Å². The Bertz CT molecular complexity index is 458. The van der Waals surface area contributed by atoms with Crippen LogP contribution < -0.4 is 9.80 Å². The molecule has 1 N–H and O–H groups in total. The van der Waals surface area contributed by atoms with Crippen molar-refractivity contribution < 1.29 is 14.6 Å². The first kappa shape index (κ1) is 15.6. The van der Waals surface area contributed by atoms with Crippen LogP contribution in [0.1, 0.15) is 13.8 Å². The van der Waals surface area contributed by atoms with E-state index in [9.17, 15) is 4.79 Å². The summed E-state index contributed by atoms with van der Waals surface area (Å²) < 4.78 is 5.33. The van der Waals surface area contributed by atoms with Crippen molar-refractivity contribution in [3.05, 3.63) is 18.3 Å². The lowest BCUT2D eigenvalue weighted by atomic mass is 10.1. The molecule has 0 saturated carbocycles. The van der Waals surface area contributed by atoms with E-state index in [-0.39, 0.29) is 0 Å². The van der Waals surface area contributed by atoms with E-state index in [0.29, 0.717) is 6.54 Å². The number of nitrogens with zero attached hydrogens (tertiary/aromatic N) is 3. The molecule has 1 aliphatic rings. The second kappa shape index (κ2) is 7.26. The number of anilines is 2. The zero-order chi connectivity index (χ0) is 15.2. The maximum Gasteiger partial charge on any atom is 0.308 e. The summed E-state index contributed by atoms with van der Waals surface area (Å²) in [6.07, 6.45) is 1.82. The average Bonchev–Trinajstić information content (AvgIpc) is 2.53. The summed E-state index contributed by atoms with van der Waals surface area (Å²) in [6, 6.07) is 4.00. The lowest BCUT2D eigenvalue weighted by Crippen LogP contribution is -2.37. The minimum absolute atomic E-state index is 0.399. The molecule has 21 heavy (non-hydrogen) atoms. The van der Waals surface area contributed by atoms with Crippen molar-refractivity contribution in [2.24, 2.45) is 5.92 Å². The van der Waals surface area contributed by atoms with Crippen molar-refractivity contribution in [1.82, 2.24) is 4.98 Å². The quantitative estimate of drug-likeness (QED) is 0.856. The van der Waals surface area contributed by atoms with Crippen LogP contribution in [0.25, 0.3) is 0 Å². The molecule has 6 nitrogen and oxygen atoms in total. The summed E-state index contributed by atoms with van der Waals surface area (Å²) >= 11 is 0. The molecule has 0 amide bonds. The highest BCUT2D eigenvalue weighted by atomic mass is 16.5. The summed E-state index contributed by atoms with van der Waals surface area (Å²) in [5.74, 6) is -0.223. The number of hydrogen-bond donors (Lipinski definition) is 1. The molecule has 1 unspecified atom stereocenters. The molecule has 1 saturated heterocycles. The van der Waals surface area contributed by atoms with Crippen molar-refractivity contribution >= 4 is 17.5 Å². The van der Waals surface area contributed by atoms with Crippen molar-refractivity contribution in [3.63, 3.8) is 0 Å². The molecule has 0 spiro atoms. The van der Waals surface area contributed by atoms with E-state index in [2.05, 4.69) is 9.88 Å². The molecule has 2 heterocycles. The monoisotopic (exact) mass is 293 g/mol. The number of morpholine rings is 1. The highest BCUT2D eigenvalue weighted by molar-refractivity contribution is 5.70. The maximum atomic E-state index is 11.0. The van der Waals surface area contributed by atoms with Crippen LogP contribution >= 0.6 is 0 Å². The number of ether oxygens (including phenoxy) is 1. The summed E-state index contributed by atoms with van der Waals surface area (Å²) in [4.78, 5) is 19.7. The van der Waals surface area contributed by atoms with Crippen LogP contribution in [0.2, 0.25) is 0 Å². The Hall–Kier alpha value is -1.82. The van der Waals surface area contributed by atoms with Gasteiger partial charge in [-0.1, -0.05) is 6.92 Å². The molecule has 1 aliphatic heterocycles. The molecule has 2 rings (SSSR count). The first-order valence-electron chi connectivity index (χ1n) is 7.38. The Morgan fingerprint density at radius 1 is 1.48 bits per heavy atom. The molecule has 1 fully saturated rings. The van der Waals surface area contributed by atoms with Gasteiger partial charge in [0.05, 0.1) is 31.0 Å². The van der Waals surface area contributed by atoms with Crippen molar-refractivity contribution in [1.29, 1.82) is 0 Å². The number of rotatable bonds is 6. The minimum Gasteiger partial charge on any atom is -0.481 e. The molecule has 1 aromatic rings. The van der Waals surface area contributed by atoms with Crippen molar-refractivity contribution in [3.8, 4) is 0 Å². The van der Waals surface area contributed by atoms with Gasteiger partial charge in [-0.25, -0.2) is 4.98 Å². The van der Waals surface area contributed by atoms with Crippen LogP contribution in [0, 0.1) is 5.92 Å². The third-order valence-corrected chi connectivity index (χ3v) is 3.73. The van der Waals surface area contributed by atoms with Gasteiger partial charge in [0.1, 0.15) is 5.82 Å². The summed E-state index contributed by atoms with van der Waals surface area (Å²) in [7, 11) is 0. The Morgan fingerprint density at radius 3 is 2.71 bits per heavy atom. The van der Waals surface area contributed by atoms with Gasteiger partial charge < -0.3 is 19.6 Å². The number of carboxylic acid groups (broad SMARTS) is 1. The van der Waals surface area contributed by atoms with Gasteiger partial charge in [0.15, 0.2) is 0 Å². The summed E-state index contributed by atoms with van der Waals surface area (Å²) in [5.41, 5.74) is 0.961. The fourth-order valence-corrected chi connectivity index (χ4v) is 2.37. The van der Waals surface area contributed by atoms with Gasteiger partial charge in [-0.05, 0) is 19.1 Å². The normalized spacial score (nSPS) is 16.6. The zero-order valence-electron chi connectivity index (χ0n) is 12.7. The van der Waals surface area contributed by atoms with Crippen LogP contribution in [-0.4, -0.2) is 55.5 Å². The minimum atomic E-state index is -0.772. The van der Waals surface area contributed by atoms with Crippen LogP contribution in [0.4, 0.5) is 11.5 Å². The van der Waals surface area contributed by atoms with Crippen LogP contribution in [0.15, 0.2) is 18.3 Å². The van der Waals surface area contributed by atoms with E-state index in [1.165, 1.54) is 0 Å². The molecule has 0 aromatic carbocycles. The highest BCUT2D eigenvalue weighted by Gasteiger charge is 2.17. The Morgan fingerprint density at radius 2 is 2.19 bits per heavy atom. The van der Waals surface area contributed by atoms with Gasteiger partial charge in [-0.2, -0.15) is 0 Å². The lowest BCUT2D eigenvalue weighted by Gasteiger charge is -2.29. The van der Waals surface area contributed by atoms with Gasteiger partial charge in [-0.15, -0.1) is 0 Å². The van der Waals surface area contributed by atoms with Gasteiger partial charge in [0, 0.05) is 26.2 Å². The van der Waals surface area contributed by atoms with E-state index in [0.717, 1.165) is 44.4 Å². The topological polar surface area (TPSA) is 65.9 Å². The molecule has 116 valence electrons. The largest absolute Gasteiger partial charge is 0.481 e. The smallest absolute Gasteiger partial charge is 0.308 e. The van der Waals surface area contributed by atoms with Gasteiger partial charge in [-0.3, -0.25) is 4.79 Å². The fraction of sp³-hybridized carbons (Fsp3) is 0.600. The van der Waals surface area contributed by atoms with Crippen LogP contribution in [-0.2, 0) is 9.53 Å². The Balaban J connectivity index is 2.03. The summed E-state index contributed by atoms with van der Waals surface area (Å²) in [5, 5.41) is 9.03. The predicted molar refractivity (Wildman–Crippen MR) is 82.0 cm³/mol. The van der Waals surface area contributed by atoms with E-state index in [1.807, 2.05) is 30.2 Å². The first-order valence-corrected chi connectivity index (χ1v) is 7.38. The summed E-state index contributed by atoms with van der Waals surface area (Å²) in [6.45, 7) is 8.19. The van der Waals surface area contributed by atoms with Gasteiger partial charge in [0.2, 0.25) is 0 Å². The number of aliphatic carboxylic acids is 1. The van der Waals surface area contributed by atoms with E-state index < -0.39 is 11.9 Å². The molecule has 0 aliphatic carbocycles. The third-order valence-electron chi connectivity index (χ3n) is 3.73. The second-order valence-corrected chi connectivity index (χ2v) is 5.25. The highest BCUT2D eigenvalue weighted by Crippen LogP contribution is 2.19. The van der Waals surface area contributed by atoms with E-state index in [4.69, 9.17) is 9.84 Å². The maximum absolute atomic E-state index is 11.0. The van der Waals surface area contributed by atoms with Gasteiger partial charge in [0.25, 0.3) is 0 Å². The SMILES string of the molecule is CCN(CC(C)C(=O)O)c1ccc(N2CCOCC2)nc1. The molecule has 0 bridgehead atoms. The van der Waals surface area contributed by atoms with E-state index in [1.54, 1.807) is 6.92 Å². The van der Waals surface area contributed by atoms with Crippen LogP contribution in [0.5, 0.6) is 0 Å². The number of pyridine rings is 1. The second-order valence-electron chi connectivity index (χ2n) is 5.25. The molecule has 1 aromatic heterocycles. The van der Waals surface area contributed by atoms with Crippen molar-refractivity contribution in [2.75, 3.05) is 49.2 Å². The average molecular weight is 293 g/mol. The number of carboxylic acids is 1. The van der Waals surface area contributed by atoms with Crippen molar-refractivity contribution in [2.45, 2.75) is 13.8 Å². The molecule has 6 heteroatoms. The first-order chi connectivity index (χ1) is 10.1. The van der Waals surface area contributed by atoms with Gasteiger partial charge >= 0.3 is 5.97 Å². The molecule has 0 radical (unpaired) electrons. The molecular weight excluding hydrogens is 270 g/mol. The molecular formula is C15H23N3O3. The van der Waals surface area contributed by atoms with Crippen LogP contribution in [0.3, 0.4) is 0 Å².